The highest BCUT2D eigenvalue weighted by molar-refractivity contribution is 7.98. The lowest BCUT2D eigenvalue weighted by molar-refractivity contribution is -0.387. The number of hydrogen-bond donors (Lipinski definition) is 1. The van der Waals surface area contributed by atoms with Gasteiger partial charge in [0.1, 0.15) is 0 Å². The van der Waals surface area contributed by atoms with E-state index in [1.54, 1.807) is 17.8 Å². The predicted octanol–water partition coefficient (Wildman–Crippen LogP) is 2.60. The molecular weight excluding hydrogens is 245 g/mol. The van der Waals surface area contributed by atoms with Crippen molar-refractivity contribution in [2.45, 2.75) is 12.7 Å². The van der Waals surface area contributed by atoms with Crippen LogP contribution in [0, 0.1) is 21.8 Å². The van der Waals surface area contributed by atoms with E-state index in [-0.39, 0.29) is 12.5 Å². The molecule has 1 N–H and O–H groups in total. The van der Waals surface area contributed by atoms with Gasteiger partial charge in [-0.05, 0) is 23.3 Å². The van der Waals surface area contributed by atoms with E-state index in [4.69, 9.17) is 5.11 Å². The third-order valence-corrected chi connectivity index (χ3v) is 3.53. The van der Waals surface area contributed by atoms with Crippen molar-refractivity contribution in [3.05, 3.63) is 39.7 Å². The fourth-order valence-corrected chi connectivity index (χ4v) is 2.26. The molecule has 0 fully saturated rings. The summed E-state index contributed by atoms with van der Waals surface area (Å²) in [4.78, 5) is 9.67. The maximum absolute atomic E-state index is 13.3. The van der Waals surface area contributed by atoms with Crippen LogP contribution in [0.4, 0.5) is 10.1 Å². The van der Waals surface area contributed by atoms with E-state index in [0.717, 1.165) is 5.75 Å². The van der Waals surface area contributed by atoms with Gasteiger partial charge in [0.15, 0.2) is 0 Å². The summed E-state index contributed by atoms with van der Waals surface area (Å²) in [6.45, 7) is 2.05. The standard InChI is InChI=1S/C11H14FNO3S/c1-8(5-14)6-17-7-9-2-3-11(13(15)16)10(12)4-9/h2-4,8,14H,5-7H2,1H3. The van der Waals surface area contributed by atoms with Crippen molar-refractivity contribution in [1.29, 1.82) is 0 Å². The lowest BCUT2D eigenvalue weighted by Crippen LogP contribution is -2.03. The average Bonchev–Trinajstić information content (AvgIpc) is 2.28. The monoisotopic (exact) mass is 259 g/mol. The van der Waals surface area contributed by atoms with Crippen molar-refractivity contribution in [3.8, 4) is 0 Å². The predicted molar refractivity (Wildman–Crippen MR) is 65.5 cm³/mol. The number of rotatable bonds is 6. The molecule has 1 atom stereocenters. The van der Waals surface area contributed by atoms with Crippen LogP contribution in [0.5, 0.6) is 0 Å². The summed E-state index contributed by atoms with van der Waals surface area (Å²) in [6.07, 6.45) is 0. The number of hydrogen-bond acceptors (Lipinski definition) is 4. The second-order valence-electron chi connectivity index (χ2n) is 3.85. The third kappa shape index (κ3) is 4.32. The number of thioether (sulfide) groups is 1. The number of nitrogens with zero attached hydrogens (tertiary/aromatic N) is 1. The highest BCUT2D eigenvalue weighted by Crippen LogP contribution is 2.21. The summed E-state index contributed by atoms with van der Waals surface area (Å²) in [7, 11) is 0. The molecule has 6 heteroatoms. The highest BCUT2D eigenvalue weighted by atomic mass is 32.2. The first kappa shape index (κ1) is 13.9. The number of aliphatic hydroxyl groups excluding tert-OH is 1. The van der Waals surface area contributed by atoms with Crippen LogP contribution < -0.4 is 0 Å². The van der Waals surface area contributed by atoms with Crippen LogP contribution >= 0.6 is 11.8 Å². The highest BCUT2D eigenvalue weighted by Gasteiger charge is 2.13. The van der Waals surface area contributed by atoms with Gasteiger partial charge in [0.25, 0.3) is 0 Å². The van der Waals surface area contributed by atoms with Crippen molar-refractivity contribution in [1.82, 2.24) is 0 Å². The minimum absolute atomic E-state index is 0.127. The van der Waals surface area contributed by atoms with Crippen molar-refractivity contribution in [2.75, 3.05) is 12.4 Å². The first-order chi connectivity index (χ1) is 8.04. The summed E-state index contributed by atoms with van der Waals surface area (Å²) < 4.78 is 13.3. The van der Waals surface area contributed by atoms with Gasteiger partial charge in [-0.15, -0.1) is 0 Å². The summed E-state index contributed by atoms with van der Waals surface area (Å²) in [5.74, 6) is 0.750. The van der Waals surface area contributed by atoms with E-state index in [2.05, 4.69) is 0 Å². The molecule has 17 heavy (non-hydrogen) atoms. The number of nitro groups is 1. The van der Waals surface area contributed by atoms with Crippen molar-refractivity contribution in [2.24, 2.45) is 5.92 Å². The molecule has 0 aliphatic heterocycles. The zero-order chi connectivity index (χ0) is 12.8. The molecule has 0 aromatic heterocycles. The Morgan fingerprint density at radius 2 is 2.29 bits per heavy atom. The lowest BCUT2D eigenvalue weighted by Gasteiger charge is -2.07. The van der Waals surface area contributed by atoms with Crippen LogP contribution in [-0.2, 0) is 5.75 Å². The third-order valence-electron chi connectivity index (χ3n) is 2.19. The molecule has 1 aromatic carbocycles. The Hall–Kier alpha value is -1.14. The molecule has 4 nitrogen and oxygen atoms in total. The minimum atomic E-state index is -0.802. The molecule has 0 bridgehead atoms. The molecule has 1 aromatic rings. The first-order valence-electron chi connectivity index (χ1n) is 5.16. The molecule has 1 unspecified atom stereocenters. The maximum Gasteiger partial charge on any atom is 0.304 e. The van der Waals surface area contributed by atoms with E-state index in [1.165, 1.54) is 12.1 Å². The van der Waals surface area contributed by atoms with Crippen molar-refractivity contribution in [3.63, 3.8) is 0 Å². The van der Waals surface area contributed by atoms with E-state index in [1.807, 2.05) is 6.92 Å². The van der Waals surface area contributed by atoms with Gasteiger partial charge in [-0.1, -0.05) is 13.0 Å². The van der Waals surface area contributed by atoms with E-state index in [0.29, 0.717) is 11.3 Å². The molecule has 0 radical (unpaired) electrons. The second kappa shape index (κ2) is 6.56. The minimum Gasteiger partial charge on any atom is -0.396 e. The Morgan fingerprint density at radius 3 is 2.82 bits per heavy atom. The van der Waals surface area contributed by atoms with Gasteiger partial charge in [0.05, 0.1) is 4.92 Å². The fraction of sp³-hybridized carbons (Fsp3) is 0.455. The summed E-state index contributed by atoms with van der Waals surface area (Å²) in [5, 5.41) is 19.2. The fourth-order valence-electron chi connectivity index (χ4n) is 1.22. The van der Waals surface area contributed by atoms with Crippen LogP contribution in [0.3, 0.4) is 0 Å². The van der Waals surface area contributed by atoms with Gasteiger partial charge in [-0.2, -0.15) is 16.2 Å². The normalized spacial score (nSPS) is 12.4. The maximum atomic E-state index is 13.3. The molecule has 0 spiro atoms. The van der Waals surface area contributed by atoms with Gasteiger partial charge < -0.3 is 5.11 Å². The molecule has 0 aliphatic carbocycles. The number of nitro benzene ring substituents is 1. The van der Waals surface area contributed by atoms with Crippen LogP contribution in [0.15, 0.2) is 18.2 Å². The molecule has 0 saturated carbocycles. The number of halogens is 1. The van der Waals surface area contributed by atoms with Gasteiger partial charge in [0.2, 0.25) is 5.82 Å². The Bertz CT molecular complexity index is 400. The largest absolute Gasteiger partial charge is 0.396 e. The van der Waals surface area contributed by atoms with E-state index in [9.17, 15) is 14.5 Å². The topological polar surface area (TPSA) is 63.4 Å². The van der Waals surface area contributed by atoms with E-state index < -0.39 is 16.4 Å². The van der Waals surface area contributed by atoms with Gasteiger partial charge in [-0.3, -0.25) is 10.1 Å². The first-order valence-corrected chi connectivity index (χ1v) is 6.31. The lowest BCUT2D eigenvalue weighted by atomic mass is 10.2. The van der Waals surface area contributed by atoms with Crippen LogP contribution in [0.2, 0.25) is 0 Å². The molecule has 94 valence electrons. The number of benzene rings is 1. The van der Waals surface area contributed by atoms with Crippen LogP contribution in [0.25, 0.3) is 0 Å². The quantitative estimate of drug-likeness (QED) is 0.630. The van der Waals surface area contributed by atoms with Gasteiger partial charge >= 0.3 is 5.69 Å². The van der Waals surface area contributed by atoms with Crippen LogP contribution in [0.1, 0.15) is 12.5 Å². The molecule has 0 saturated heterocycles. The Labute approximate surface area is 103 Å². The zero-order valence-corrected chi connectivity index (χ0v) is 10.2. The summed E-state index contributed by atoms with van der Waals surface area (Å²) in [5.41, 5.74) is 0.214. The number of aliphatic hydroxyl groups is 1. The summed E-state index contributed by atoms with van der Waals surface area (Å²) >= 11 is 1.57. The smallest absolute Gasteiger partial charge is 0.304 e. The SMILES string of the molecule is CC(CO)CSCc1ccc([N+](=O)[O-])c(F)c1. The second-order valence-corrected chi connectivity index (χ2v) is 4.88. The van der Waals surface area contributed by atoms with Crippen molar-refractivity contribution >= 4 is 17.4 Å². The van der Waals surface area contributed by atoms with Gasteiger partial charge in [0, 0.05) is 18.4 Å². The molecule has 0 aliphatic rings. The Kier molecular flexibility index (Phi) is 5.37. The molecular formula is C11H14FNO3S. The molecule has 0 heterocycles. The van der Waals surface area contributed by atoms with Gasteiger partial charge in [-0.25, -0.2) is 0 Å². The van der Waals surface area contributed by atoms with Crippen molar-refractivity contribution < 1.29 is 14.4 Å². The summed E-state index contributed by atoms with van der Waals surface area (Å²) in [6, 6.07) is 3.92. The zero-order valence-electron chi connectivity index (χ0n) is 9.43. The molecule has 0 amide bonds. The average molecular weight is 259 g/mol. The van der Waals surface area contributed by atoms with E-state index >= 15 is 0 Å². The Morgan fingerprint density at radius 1 is 1.59 bits per heavy atom. The Balaban J connectivity index is 2.56. The van der Waals surface area contributed by atoms with Crippen LogP contribution in [-0.4, -0.2) is 22.4 Å². The molecule has 1 rings (SSSR count).